The normalized spacial score (nSPS) is 9.80. The number of hydrogen-bond acceptors (Lipinski definition) is 2. The Morgan fingerprint density at radius 1 is 0.900 bits per heavy atom. The topological polar surface area (TPSA) is 0 Å². The first-order valence-corrected chi connectivity index (χ1v) is 3.98. The molecule has 54 valence electrons. The highest BCUT2D eigenvalue weighted by Crippen LogP contribution is 2.31. The molecule has 0 saturated heterocycles. The summed E-state index contributed by atoms with van der Waals surface area (Å²) in [6, 6.07) is 6.41. The monoisotopic (exact) mass is 178 g/mol. The fraction of sp³-hybridized carbons (Fsp3) is 0. The van der Waals surface area contributed by atoms with Gasteiger partial charge in [-0.15, -0.1) is 0 Å². The number of halogens is 2. The van der Waals surface area contributed by atoms with E-state index in [1.54, 1.807) is 12.1 Å². The van der Waals surface area contributed by atoms with E-state index >= 15 is 0 Å². The summed E-state index contributed by atoms with van der Waals surface area (Å²) in [5.41, 5.74) is 0. The summed E-state index contributed by atoms with van der Waals surface area (Å²) >= 11 is 0.118. The van der Waals surface area contributed by atoms with Crippen LogP contribution in [0.25, 0.3) is 0 Å². The van der Waals surface area contributed by atoms with Gasteiger partial charge in [0.1, 0.15) is 0 Å². The molecule has 4 heteroatoms. The highest BCUT2D eigenvalue weighted by atomic mass is 32.2. The first-order valence-electron chi connectivity index (χ1n) is 2.54. The van der Waals surface area contributed by atoms with E-state index in [1.807, 2.05) is 0 Å². The van der Waals surface area contributed by atoms with Crippen molar-refractivity contribution >= 4 is 24.3 Å². The van der Waals surface area contributed by atoms with Crippen molar-refractivity contribution in [1.29, 1.82) is 0 Å². The molecule has 0 fully saturated rings. The lowest BCUT2D eigenvalue weighted by Crippen LogP contribution is -1.70. The molecule has 0 aliphatic carbocycles. The summed E-state index contributed by atoms with van der Waals surface area (Å²) in [6.07, 6.45) is 0. The Labute approximate surface area is 66.6 Å². The Balaban J connectivity index is 2.96. The average Bonchev–Trinajstić information content (AvgIpc) is 2.04. The molecular formula is C6H4F2S2. The van der Waals surface area contributed by atoms with Gasteiger partial charge < -0.3 is 0 Å². The smallest absolute Gasteiger partial charge is 0.0824 e. The van der Waals surface area contributed by atoms with Crippen LogP contribution in [0.4, 0.5) is 7.77 Å². The Kier molecular flexibility index (Phi) is 3.02. The first-order chi connectivity index (χ1) is 4.88. The van der Waals surface area contributed by atoms with Gasteiger partial charge in [0.25, 0.3) is 0 Å². The summed E-state index contributed by atoms with van der Waals surface area (Å²) in [7, 11) is 0. The third-order valence-corrected chi connectivity index (χ3v) is 2.19. The summed E-state index contributed by atoms with van der Waals surface area (Å²) in [5, 5.41) is 0. The third kappa shape index (κ3) is 1.64. The van der Waals surface area contributed by atoms with E-state index in [-0.39, 0.29) is 24.3 Å². The van der Waals surface area contributed by atoms with Crippen LogP contribution < -0.4 is 0 Å². The molecule has 0 nitrogen and oxygen atoms in total. The zero-order valence-electron chi connectivity index (χ0n) is 4.88. The van der Waals surface area contributed by atoms with Gasteiger partial charge in [0.05, 0.1) is 34.1 Å². The SMILES string of the molecule is FSc1ccccc1SF. The van der Waals surface area contributed by atoms with Crippen LogP contribution in [0, 0.1) is 0 Å². The minimum absolute atomic E-state index is 0.0592. The maximum Gasteiger partial charge on any atom is 0.0824 e. The molecule has 0 aromatic heterocycles. The predicted molar refractivity (Wildman–Crippen MR) is 40.4 cm³/mol. The summed E-state index contributed by atoms with van der Waals surface area (Å²) in [6.45, 7) is 0. The predicted octanol–water partition coefficient (Wildman–Crippen LogP) is 3.64. The van der Waals surface area contributed by atoms with Gasteiger partial charge in [0, 0.05) is 0 Å². The molecule has 0 saturated carbocycles. The Morgan fingerprint density at radius 3 is 1.60 bits per heavy atom. The average molecular weight is 178 g/mol. The highest BCUT2D eigenvalue weighted by Gasteiger charge is 2.01. The largest absolute Gasteiger partial charge is 0.160 e. The van der Waals surface area contributed by atoms with E-state index in [9.17, 15) is 7.77 Å². The van der Waals surface area contributed by atoms with Crippen molar-refractivity contribution in [2.45, 2.75) is 9.79 Å². The molecule has 0 spiro atoms. The van der Waals surface area contributed by atoms with Crippen molar-refractivity contribution < 1.29 is 7.77 Å². The second kappa shape index (κ2) is 3.83. The number of benzene rings is 1. The van der Waals surface area contributed by atoms with Gasteiger partial charge in [-0.05, 0) is 12.1 Å². The van der Waals surface area contributed by atoms with Crippen LogP contribution in [-0.4, -0.2) is 0 Å². The fourth-order valence-electron chi connectivity index (χ4n) is 0.578. The molecule has 0 atom stereocenters. The molecule has 1 aromatic rings. The van der Waals surface area contributed by atoms with Gasteiger partial charge in [0.15, 0.2) is 0 Å². The van der Waals surface area contributed by atoms with E-state index in [2.05, 4.69) is 0 Å². The Morgan fingerprint density at radius 2 is 1.30 bits per heavy atom. The van der Waals surface area contributed by atoms with Gasteiger partial charge >= 0.3 is 0 Å². The number of rotatable bonds is 2. The van der Waals surface area contributed by atoms with Crippen LogP contribution in [0.3, 0.4) is 0 Å². The Hall–Kier alpha value is -0.220. The molecule has 10 heavy (non-hydrogen) atoms. The minimum Gasteiger partial charge on any atom is -0.160 e. The standard InChI is InChI=1S/C6H4F2S2/c7-9-5-3-1-2-4-6(5)10-8/h1-4H. The third-order valence-electron chi connectivity index (χ3n) is 1.02. The fourth-order valence-corrected chi connectivity index (χ4v) is 1.31. The molecule has 0 bridgehead atoms. The van der Waals surface area contributed by atoms with Gasteiger partial charge in [0.2, 0.25) is 0 Å². The van der Waals surface area contributed by atoms with Crippen LogP contribution >= 0.6 is 24.3 Å². The summed E-state index contributed by atoms with van der Waals surface area (Å²) in [5.74, 6) is 0. The van der Waals surface area contributed by atoms with Crippen LogP contribution in [0.5, 0.6) is 0 Å². The lowest BCUT2D eigenvalue weighted by atomic mass is 10.4. The maximum absolute atomic E-state index is 11.9. The molecule has 0 unspecified atom stereocenters. The molecule has 0 aliphatic heterocycles. The molecule has 1 rings (SSSR count). The van der Waals surface area contributed by atoms with E-state index in [0.717, 1.165) is 0 Å². The minimum atomic E-state index is 0.0592. The molecule has 0 amide bonds. The Bertz CT molecular complexity index is 192. The van der Waals surface area contributed by atoms with Gasteiger partial charge in [-0.1, -0.05) is 12.1 Å². The second-order valence-electron chi connectivity index (χ2n) is 1.60. The highest BCUT2D eigenvalue weighted by molar-refractivity contribution is 7.97. The van der Waals surface area contributed by atoms with Crippen molar-refractivity contribution in [1.82, 2.24) is 0 Å². The van der Waals surface area contributed by atoms with Crippen molar-refractivity contribution in [2.75, 3.05) is 0 Å². The number of hydrogen-bond donors (Lipinski definition) is 0. The molecule has 1 aromatic carbocycles. The zero-order chi connectivity index (χ0) is 7.40. The van der Waals surface area contributed by atoms with E-state index < -0.39 is 0 Å². The molecule has 0 heterocycles. The van der Waals surface area contributed by atoms with Gasteiger partial charge in [-0.2, -0.15) is 7.77 Å². The lowest BCUT2D eigenvalue weighted by molar-refractivity contribution is 0.910. The summed E-state index contributed by atoms with van der Waals surface area (Å²) < 4.78 is 23.8. The quantitative estimate of drug-likeness (QED) is 0.678. The van der Waals surface area contributed by atoms with Crippen LogP contribution in [0.1, 0.15) is 0 Å². The molecular weight excluding hydrogens is 174 g/mol. The van der Waals surface area contributed by atoms with Crippen molar-refractivity contribution in [2.24, 2.45) is 0 Å². The van der Waals surface area contributed by atoms with E-state index in [1.165, 1.54) is 12.1 Å². The van der Waals surface area contributed by atoms with E-state index in [4.69, 9.17) is 0 Å². The van der Waals surface area contributed by atoms with Crippen molar-refractivity contribution in [3.63, 3.8) is 0 Å². The van der Waals surface area contributed by atoms with Gasteiger partial charge in [-0.3, -0.25) is 0 Å². The van der Waals surface area contributed by atoms with Crippen LogP contribution in [-0.2, 0) is 0 Å². The van der Waals surface area contributed by atoms with Crippen molar-refractivity contribution in [3.05, 3.63) is 24.3 Å². The van der Waals surface area contributed by atoms with E-state index in [0.29, 0.717) is 9.79 Å². The lowest BCUT2D eigenvalue weighted by Gasteiger charge is -1.95. The van der Waals surface area contributed by atoms with Crippen LogP contribution in [0.2, 0.25) is 0 Å². The second-order valence-corrected chi connectivity index (χ2v) is 2.79. The molecule has 0 aliphatic rings. The summed E-state index contributed by atoms with van der Waals surface area (Å²) in [4.78, 5) is 0.657. The maximum atomic E-state index is 11.9. The molecule has 0 radical (unpaired) electrons. The first kappa shape index (κ1) is 7.88. The van der Waals surface area contributed by atoms with Crippen LogP contribution in [0.15, 0.2) is 34.1 Å². The zero-order valence-corrected chi connectivity index (χ0v) is 6.51. The molecule has 0 N–H and O–H groups in total. The van der Waals surface area contributed by atoms with Gasteiger partial charge in [-0.25, -0.2) is 0 Å². The van der Waals surface area contributed by atoms with Crippen molar-refractivity contribution in [3.8, 4) is 0 Å².